The first-order valence-corrected chi connectivity index (χ1v) is 4.73. The fraction of sp³-hybridized carbons (Fsp3) is 0.400. The molecule has 0 fully saturated rings. The first kappa shape index (κ1) is 14.6. The van der Waals surface area contributed by atoms with Crippen molar-refractivity contribution in [1.29, 1.82) is 0 Å². The van der Waals surface area contributed by atoms with Gasteiger partial charge in [0.1, 0.15) is 11.9 Å². The molecular weight excluding hydrogens is 304 g/mol. The number of aliphatic hydroxyl groups excluding tert-OH is 1. The predicted molar refractivity (Wildman–Crippen MR) is 52.3 cm³/mol. The van der Waals surface area contributed by atoms with Gasteiger partial charge in [0.2, 0.25) is 0 Å². The van der Waals surface area contributed by atoms with Crippen molar-refractivity contribution in [2.45, 2.75) is 19.3 Å². The summed E-state index contributed by atoms with van der Waals surface area (Å²) in [6.07, 6.45) is 0.562. The molecule has 17 heavy (non-hydrogen) atoms. The first-order valence-electron chi connectivity index (χ1n) is 4.73. The van der Waals surface area contributed by atoms with Crippen molar-refractivity contribution in [3.63, 3.8) is 0 Å². The van der Waals surface area contributed by atoms with Crippen LogP contribution in [0.3, 0.4) is 0 Å². The molecule has 0 aliphatic carbocycles. The third-order valence-corrected chi connectivity index (χ3v) is 2.21. The van der Waals surface area contributed by atoms with E-state index in [-0.39, 0.29) is 39.3 Å². The molecule has 0 amide bonds. The molecule has 86 valence electrons. The number of hydrogen-bond donors (Lipinski definition) is 1. The second kappa shape index (κ2) is 5.95. The van der Waals surface area contributed by atoms with E-state index in [2.05, 4.69) is 11.1 Å². The van der Waals surface area contributed by atoms with Crippen LogP contribution in [0.15, 0.2) is 22.9 Å². The van der Waals surface area contributed by atoms with E-state index in [0.29, 0.717) is 5.69 Å². The Balaban J connectivity index is 0.00000144. The van der Waals surface area contributed by atoms with Gasteiger partial charge in [-0.3, -0.25) is 0 Å². The van der Waals surface area contributed by atoms with E-state index in [4.69, 9.17) is 9.84 Å². The van der Waals surface area contributed by atoms with Gasteiger partial charge < -0.3 is 20.5 Å². The number of aryl methyl sites for hydroxylation is 1. The van der Waals surface area contributed by atoms with Gasteiger partial charge in [-0.1, -0.05) is 6.92 Å². The van der Waals surface area contributed by atoms with E-state index < -0.39 is 23.8 Å². The molecule has 0 radical (unpaired) electrons. The maximum absolute atomic E-state index is 13.4. The summed E-state index contributed by atoms with van der Waals surface area (Å²) in [7, 11) is 0. The predicted octanol–water partition coefficient (Wildman–Crippen LogP) is 0.0925. The van der Waals surface area contributed by atoms with E-state index >= 15 is 0 Å². The molecule has 1 aromatic rings. The normalized spacial score (nSPS) is 23.1. The maximum atomic E-state index is 13.4. The van der Waals surface area contributed by atoms with Crippen LogP contribution in [0.25, 0.3) is 0 Å². The minimum absolute atomic E-state index is 0. The van der Waals surface area contributed by atoms with Crippen molar-refractivity contribution in [3.8, 4) is 0 Å². The van der Waals surface area contributed by atoms with Crippen molar-refractivity contribution in [3.05, 3.63) is 40.3 Å². The summed E-state index contributed by atoms with van der Waals surface area (Å²) in [5.41, 5.74) is -0.175. The van der Waals surface area contributed by atoms with Crippen LogP contribution in [0, 0.1) is 13.0 Å². The molecule has 0 bridgehead atoms. The fourth-order valence-electron chi connectivity index (χ4n) is 1.44. The topological polar surface area (TPSA) is 64.3 Å². The average Bonchev–Trinajstić information content (AvgIpc) is 2.60. The monoisotopic (exact) mass is 314 g/mol. The fourth-order valence-corrected chi connectivity index (χ4v) is 1.44. The van der Waals surface area contributed by atoms with Crippen LogP contribution in [-0.4, -0.2) is 27.4 Å². The minimum Gasteiger partial charge on any atom is -0.432 e. The number of aromatic nitrogens is 2. The Morgan fingerprint density at radius 2 is 2.41 bits per heavy atom. The summed E-state index contributed by atoms with van der Waals surface area (Å²) >= 11 is 0. The summed E-state index contributed by atoms with van der Waals surface area (Å²) < 4.78 is 19.5. The molecule has 0 saturated heterocycles. The molecule has 2 rings (SSSR count). The van der Waals surface area contributed by atoms with E-state index in [9.17, 15) is 9.18 Å². The number of aliphatic hydroxyl groups is 1. The first-order chi connectivity index (χ1) is 7.61. The number of rotatable bonds is 2. The van der Waals surface area contributed by atoms with Crippen LogP contribution >= 0.6 is 0 Å². The Hall–Kier alpha value is -0.426. The van der Waals surface area contributed by atoms with Gasteiger partial charge in [-0.25, -0.2) is 14.2 Å². The van der Waals surface area contributed by atoms with Crippen LogP contribution in [0.5, 0.6) is 0 Å². The number of halogens is 1. The van der Waals surface area contributed by atoms with Gasteiger partial charge >= 0.3 is 38.4 Å². The molecule has 1 N–H and O–H groups in total. The Kier molecular flexibility index (Phi) is 5.12. The van der Waals surface area contributed by atoms with Crippen molar-refractivity contribution in [1.82, 2.24) is 9.55 Å². The molecule has 0 spiro atoms. The molecule has 1 aliphatic heterocycles. The number of hydrogen-bond acceptors (Lipinski definition) is 4. The second-order valence-corrected chi connectivity index (χ2v) is 3.42. The molecule has 1 aromatic heterocycles. The van der Waals surface area contributed by atoms with Crippen LogP contribution in [0.2, 0.25) is 0 Å². The van der Waals surface area contributed by atoms with Crippen LogP contribution < -0.4 is 5.69 Å². The van der Waals surface area contributed by atoms with Gasteiger partial charge in [0.15, 0.2) is 6.23 Å². The zero-order valence-electron chi connectivity index (χ0n) is 9.13. The average molecular weight is 314 g/mol. The number of ether oxygens (including phenoxy) is 1. The van der Waals surface area contributed by atoms with E-state index in [1.807, 2.05) is 0 Å². The van der Waals surface area contributed by atoms with Crippen LogP contribution in [0.4, 0.5) is 4.39 Å². The van der Waals surface area contributed by atoms with Gasteiger partial charge in [-0.05, 0) is 6.08 Å². The number of nitrogens with zero attached hydrogens (tertiary/aromatic N) is 2. The zero-order valence-corrected chi connectivity index (χ0v) is 12.0. The Morgan fingerprint density at radius 1 is 1.71 bits per heavy atom. The molecule has 0 saturated carbocycles. The molecule has 2 unspecified atom stereocenters. The SMILES string of the molecule is Cc1[c-]cn(C2OC(CO)C=C2F)c(=O)n1.[Y+3]. The van der Waals surface area contributed by atoms with Gasteiger partial charge in [0, 0.05) is 0 Å². The molecule has 0 aromatic carbocycles. The maximum Gasteiger partial charge on any atom is 3.00 e. The van der Waals surface area contributed by atoms with Crippen molar-refractivity contribution >= 4 is 0 Å². The smallest absolute Gasteiger partial charge is 0.432 e. The van der Waals surface area contributed by atoms with Gasteiger partial charge in [-0.15, -0.1) is 5.69 Å². The van der Waals surface area contributed by atoms with Gasteiger partial charge in [0.25, 0.3) is 0 Å². The zero-order chi connectivity index (χ0) is 11.7. The van der Waals surface area contributed by atoms with E-state index in [0.717, 1.165) is 10.6 Å². The molecule has 1 aliphatic rings. The Labute approximate surface area is 122 Å². The second-order valence-electron chi connectivity index (χ2n) is 3.42. The standard InChI is InChI=1S/C10H10FN2O3.Y/c1-6-2-3-13(10(15)12-6)9-8(11)4-7(5-14)16-9;/h3-4,7,9,14H,5H2,1H3;/q-1;+3. The van der Waals surface area contributed by atoms with Gasteiger partial charge in [-0.2, -0.15) is 6.20 Å². The summed E-state index contributed by atoms with van der Waals surface area (Å²) in [6, 6.07) is 2.69. The van der Waals surface area contributed by atoms with Crippen molar-refractivity contribution in [2.75, 3.05) is 6.61 Å². The minimum atomic E-state index is -1.14. The van der Waals surface area contributed by atoms with E-state index in [1.165, 1.54) is 6.20 Å². The molecule has 2 atom stereocenters. The molecule has 5 nitrogen and oxygen atoms in total. The van der Waals surface area contributed by atoms with Crippen LogP contribution in [-0.2, 0) is 37.4 Å². The third kappa shape index (κ3) is 3.07. The molecule has 2 heterocycles. The largest absolute Gasteiger partial charge is 3.00 e. The van der Waals surface area contributed by atoms with E-state index in [1.54, 1.807) is 6.92 Å². The Bertz CT molecular complexity index is 489. The van der Waals surface area contributed by atoms with Gasteiger partial charge in [0.05, 0.1) is 6.61 Å². The summed E-state index contributed by atoms with van der Waals surface area (Å²) in [5.74, 6) is -0.611. The summed E-state index contributed by atoms with van der Waals surface area (Å²) in [6.45, 7) is 1.28. The third-order valence-electron chi connectivity index (χ3n) is 2.21. The van der Waals surface area contributed by atoms with Crippen molar-refractivity contribution < 1.29 is 46.9 Å². The van der Waals surface area contributed by atoms with Crippen LogP contribution in [0.1, 0.15) is 11.9 Å². The summed E-state index contributed by atoms with van der Waals surface area (Å²) in [4.78, 5) is 15.1. The summed E-state index contributed by atoms with van der Waals surface area (Å²) in [5, 5.41) is 8.81. The quantitative estimate of drug-likeness (QED) is 0.786. The molecular formula is C10H10FN2O3Y+2. The molecule has 7 heteroatoms. The van der Waals surface area contributed by atoms with Crippen molar-refractivity contribution in [2.24, 2.45) is 0 Å². The Morgan fingerprint density at radius 3 is 2.94 bits per heavy atom.